The van der Waals surface area contributed by atoms with E-state index in [0.29, 0.717) is 11.1 Å². The number of hydrogen-bond acceptors (Lipinski definition) is 5. The van der Waals surface area contributed by atoms with Crippen molar-refractivity contribution in [2.45, 2.75) is 31.3 Å². The van der Waals surface area contributed by atoms with Crippen LogP contribution in [-0.4, -0.2) is 40.1 Å². The minimum Gasteiger partial charge on any atom is -0.508 e. The molecular formula is C24H24N2O5S. The van der Waals surface area contributed by atoms with Gasteiger partial charge in [-0.3, -0.25) is 9.59 Å². The van der Waals surface area contributed by atoms with Crippen molar-refractivity contribution in [2.75, 3.05) is 0 Å². The van der Waals surface area contributed by atoms with Crippen LogP contribution >= 0.6 is 11.3 Å². The third-order valence-electron chi connectivity index (χ3n) is 5.09. The summed E-state index contributed by atoms with van der Waals surface area (Å²) in [6.45, 7) is 1.82. The van der Waals surface area contributed by atoms with Crippen LogP contribution in [0.1, 0.15) is 33.6 Å². The summed E-state index contributed by atoms with van der Waals surface area (Å²) in [7, 11) is 0. The second-order valence-electron chi connectivity index (χ2n) is 7.39. The highest BCUT2D eigenvalue weighted by molar-refractivity contribution is 7.10. The molecule has 0 spiro atoms. The number of carboxylic acid groups (broad SMARTS) is 1. The summed E-state index contributed by atoms with van der Waals surface area (Å²) < 4.78 is 0. The number of benzene rings is 2. The van der Waals surface area contributed by atoms with E-state index < -0.39 is 29.9 Å². The zero-order valence-electron chi connectivity index (χ0n) is 17.4. The van der Waals surface area contributed by atoms with Crippen molar-refractivity contribution in [3.05, 3.63) is 88.1 Å². The van der Waals surface area contributed by atoms with Crippen LogP contribution in [0.4, 0.5) is 0 Å². The fourth-order valence-corrected chi connectivity index (χ4v) is 4.10. The van der Waals surface area contributed by atoms with Gasteiger partial charge < -0.3 is 20.8 Å². The first-order valence-corrected chi connectivity index (χ1v) is 10.9. The van der Waals surface area contributed by atoms with Gasteiger partial charge in [-0.05, 0) is 41.3 Å². The lowest BCUT2D eigenvalue weighted by Gasteiger charge is -2.26. The molecule has 0 fully saturated rings. The number of thiophene rings is 1. The lowest BCUT2D eigenvalue weighted by atomic mass is 9.97. The molecule has 1 aromatic heterocycles. The predicted molar refractivity (Wildman–Crippen MR) is 122 cm³/mol. The van der Waals surface area contributed by atoms with Crippen LogP contribution in [0.15, 0.2) is 72.1 Å². The van der Waals surface area contributed by atoms with Gasteiger partial charge in [-0.1, -0.05) is 43.3 Å². The number of phenols is 1. The van der Waals surface area contributed by atoms with Crippen LogP contribution in [0.25, 0.3) is 0 Å². The number of carbonyl (C=O) groups is 3. The Bertz CT molecular complexity index is 1050. The van der Waals surface area contributed by atoms with E-state index in [-0.39, 0.29) is 18.1 Å². The van der Waals surface area contributed by atoms with Crippen LogP contribution in [-0.2, 0) is 16.0 Å². The van der Waals surface area contributed by atoms with E-state index >= 15 is 0 Å². The molecule has 0 aliphatic carbocycles. The number of carbonyl (C=O) groups excluding carboxylic acids is 2. The van der Waals surface area contributed by atoms with Gasteiger partial charge >= 0.3 is 5.97 Å². The van der Waals surface area contributed by atoms with Crippen molar-refractivity contribution in [1.29, 1.82) is 0 Å². The first kappa shape index (κ1) is 23.0. The number of rotatable bonds is 9. The maximum absolute atomic E-state index is 13.2. The van der Waals surface area contributed by atoms with E-state index in [9.17, 15) is 24.6 Å². The Kier molecular flexibility index (Phi) is 7.62. The Labute approximate surface area is 189 Å². The Morgan fingerprint density at radius 2 is 1.62 bits per heavy atom. The molecule has 0 bridgehead atoms. The van der Waals surface area contributed by atoms with Gasteiger partial charge in [-0.15, -0.1) is 11.3 Å². The van der Waals surface area contributed by atoms with Gasteiger partial charge in [0.1, 0.15) is 17.8 Å². The maximum atomic E-state index is 13.2. The SMILES string of the molecule is CC(c1cccs1)[C@H](NC(=O)c1ccccc1)C(=O)N[C@@H](Cc1ccc(O)cc1)C(=O)O. The first-order valence-electron chi connectivity index (χ1n) is 10.1. The van der Waals surface area contributed by atoms with Crippen molar-refractivity contribution < 1.29 is 24.6 Å². The highest BCUT2D eigenvalue weighted by Gasteiger charge is 2.32. The number of nitrogens with one attached hydrogen (secondary N) is 2. The molecule has 3 aromatic rings. The summed E-state index contributed by atoms with van der Waals surface area (Å²) in [6.07, 6.45) is 0.0358. The van der Waals surface area contributed by atoms with E-state index in [2.05, 4.69) is 10.6 Å². The van der Waals surface area contributed by atoms with Crippen molar-refractivity contribution in [2.24, 2.45) is 0 Å². The number of aromatic hydroxyl groups is 1. The van der Waals surface area contributed by atoms with E-state index in [1.807, 2.05) is 24.4 Å². The monoisotopic (exact) mass is 452 g/mol. The molecule has 3 rings (SSSR count). The smallest absolute Gasteiger partial charge is 0.326 e. The van der Waals surface area contributed by atoms with Crippen LogP contribution in [0.2, 0.25) is 0 Å². The minimum atomic E-state index is -1.20. The first-order chi connectivity index (χ1) is 15.3. The zero-order valence-corrected chi connectivity index (χ0v) is 18.2. The lowest BCUT2D eigenvalue weighted by Crippen LogP contribution is -2.54. The molecular weight excluding hydrogens is 428 g/mol. The van der Waals surface area contributed by atoms with Gasteiger partial charge in [0.2, 0.25) is 5.91 Å². The van der Waals surface area contributed by atoms with Gasteiger partial charge in [-0.25, -0.2) is 4.79 Å². The van der Waals surface area contributed by atoms with Crippen LogP contribution in [0, 0.1) is 0 Å². The second-order valence-corrected chi connectivity index (χ2v) is 8.37. The van der Waals surface area contributed by atoms with E-state index in [0.717, 1.165) is 4.88 Å². The molecule has 2 amide bonds. The molecule has 4 N–H and O–H groups in total. The van der Waals surface area contributed by atoms with E-state index in [1.165, 1.54) is 23.5 Å². The molecule has 0 radical (unpaired) electrons. The third-order valence-corrected chi connectivity index (χ3v) is 6.16. The summed E-state index contributed by atoms with van der Waals surface area (Å²) in [5.74, 6) is -2.49. The number of amides is 2. The molecule has 2 aromatic carbocycles. The minimum absolute atomic E-state index is 0.0358. The molecule has 7 nitrogen and oxygen atoms in total. The number of carboxylic acids is 1. The Balaban J connectivity index is 1.80. The van der Waals surface area contributed by atoms with Crippen molar-refractivity contribution in [1.82, 2.24) is 10.6 Å². The number of hydrogen-bond donors (Lipinski definition) is 4. The van der Waals surface area contributed by atoms with Crippen molar-refractivity contribution >= 4 is 29.1 Å². The molecule has 0 aliphatic rings. The fourth-order valence-electron chi connectivity index (χ4n) is 3.28. The van der Waals surface area contributed by atoms with Gasteiger partial charge in [0.15, 0.2) is 0 Å². The molecule has 3 atom stereocenters. The third kappa shape index (κ3) is 5.95. The zero-order chi connectivity index (χ0) is 23.1. The summed E-state index contributed by atoms with van der Waals surface area (Å²) in [6, 6.07) is 16.2. The molecule has 1 heterocycles. The highest BCUT2D eigenvalue weighted by Crippen LogP contribution is 2.25. The summed E-state index contributed by atoms with van der Waals surface area (Å²) in [4.78, 5) is 38.6. The molecule has 0 aliphatic heterocycles. The molecule has 8 heteroatoms. The average molecular weight is 453 g/mol. The standard InChI is InChI=1S/C24H24N2O5S/c1-15(20-8-5-13-32-20)21(26-22(28)17-6-3-2-4-7-17)23(29)25-19(24(30)31)14-16-9-11-18(27)12-10-16/h2-13,15,19,21,27H,14H2,1H3,(H,25,29)(H,26,28)(H,30,31)/t15?,19-,21-/m0/s1. The van der Waals surface area contributed by atoms with Crippen molar-refractivity contribution in [3.8, 4) is 5.75 Å². The summed E-state index contributed by atoms with van der Waals surface area (Å²) >= 11 is 1.46. The van der Waals surface area contributed by atoms with Crippen LogP contribution in [0.3, 0.4) is 0 Å². The quantitative estimate of drug-likeness (QED) is 0.398. The topological polar surface area (TPSA) is 116 Å². The van der Waals surface area contributed by atoms with Crippen LogP contribution in [0.5, 0.6) is 5.75 Å². The molecule has 32 heavy (non-hydrogen) atoms. The summed E-state index contributed by atoms with van der Waals surface area (Å²) in [5, 5.41) is 26.3. The van der Waals surface area contributed by atoms with Gasteiger partial charge in [0.25, 0.3) is 5.91 Å². The molecule has 0 saturated heterocycles. The largest absolute Gasteiger partial charge is 0.508 e. The lowest BCUT2D eigenvalue weighted by molar-refractivity contribution is -0.142. The van der Waals surface area contributed by atoms with Gasteiger partial charge in [0, 0.05) is 22.8 Å². The molecule has 1 unspecified atom stereocenters. The number of phenolic OH excluding ortho intramolecular Hbond substituents is 1. The van der Waals surface area contributed by atoms with Gasteiger partial charge in [0.05, 0.1) is 0 Å². The van der Waals surface area contributed by atoms with Gasteiger partial charge in [-0.2, -0.15) is 0 Å². The van der Waals surface area contributed by atoms with Crippen LogP contribution < -0.4 is 10.6 Å². The van der Waals surface area contributed by atoms with E-state index in [1.54, 1.807) is 42.5 Å². The molecule has 166 valence electrons. The fraction of sp³-hybridized carbons (Fsp3) is 0.208. The molecule has 0 saturated carbocycles. The second kappa shape index (κ2) is 10.6. The van der Waals surface area contributed by atoms with E-state index in [4.69, 9.17) is 0 Å². The Hall–Kier alpha value is -3.65. The summed E-state index contributed by atoms with van der Waals surface area (Å²) in [5.41, 5.74) is 1.05. The Morgan fingerprint density at radius 3 is 2.22 bits per heavy atom. The maximum Gasteiger partial charge on any atom is 0.326 e. The normalized spacial score (nSPS) is 13.5. The highest BCUT2D eigenvalue weighted by atomic mass is 32.1. The number of aliphatic carboxylic acids is 1. The predicted octanol–water partition coefficient (Wildman–Crippen LogP) is 3.17. The van der Waals surface area contributed by atoms with Crippen molar-refractivity contribution in [3.63, 3.8) is 0 Å². The average Bonchev–Trinajstić information content (AvgIpc) is 3.33. The Morgan fingerprint density at radius 1 is 0.938 bits per heavy atom.